The van der Waals surface area contributed by atoms with E-state index in [2.05, 4.69) is 10.4 Å². The first kappa shape index (κ1) is 21.6. The van der Waals surface area contributed by atoms with Gasteiger partial charge in [-0.1, -0.05) is 29.8 Å². The maximum Gasteiger partial charge on any atom is 0.333 e. The Hall–Kier alpha value is -1.70. The van der Waals surface area contributed by atoms with Gasteiger partial charge in [0, 0.05) is 35.9 Å². The van der Waals surface area contributed by atoms with Crippen molar-refractivity contribution in [2.45, 2.75) is 32.9 Å². The Morgan fingerprint density at radius 2 is 2.07 bits per heavy atom. The Kier molecular flexibility index (Phi) is 7.19. The summed E-state index contributed by atoms with van der Waals surface area (Å²) < 4.78 is 26.7. The van der Waals surface area contributed by atoms with Gasteiger partial charge in [-0.25, -0.2) is 4.68 Å². The zero-order valence-electron chi connectivity index (χ0n) is 15.1. The molecule has 148 valence electrons. The zero-order chi connectivity index (χ0) is 18.8. The van der Waals surface area contributed by atoms with Crippen molar-refractivity contribution in [1.82, 2.24) is 20.0 Å². The lowest BCUT2D eigenvalue weighted by Crippen LogP contribution is -2.49. The number of carbonyl (C=O) groups excluding carboxylic acids is 1. The van der Waals surface area contributed by atoms with Gasteiger partial charge in [-0.15, -0.1) is 12.4 Å². The van der Waals surface area contributed by atoms with E-state index in [9.17, 15) is 13.6 Å². The Morgan fingerprint density at radius 3 is 2.70 bits per heavy atom. The van der Waals surface area contributed by atoms with Gasteiger partial charge in [-0.2, -0.15) is 13.9 Å². The highest BCUT2D eigenvalue weighted by Gasteiger charge is 2.30. The van der Waals surface area contributed by atoms with E-state index in [1.54, 1.807) is 24.8 Å². The fraction of sp³-hybridized carbons (Fsp3) is 0.444. The van der Waals surface area contributed by atoms with E-state index in [1.807, 2.05) is 18.2 Å². The van der Waals surface area contributed by atoms with Gasteiger partial charge in [0.25, 0.3) is 0 Å². The molecule has 1 amide bonds. The van der Waals surface area contributed by atoms with Crippen LogP contribution < -0.4 is 5.32 Å². The van der Waals surface area contributed by atoms with E-state index in [0.29, 0.717) is 46.3 Å². The second kappa shape index (κ2) is 8.99. The van der Waals surface area contributed by atoms with Crippen LogP contribution in [0.1, 0.15) is 35.1 Å². The van der Waals surface area contributed by atoms with Crippen molar-refractivity contribution in [3.05, 3.63) is 51.8 Å². The molecule has 3 rings (SSSR count). The molecule has 2 heterocycles. The number of nitrogens with zero attached hydrogens (tertiary/aromatic N) is 3. The van der Waals surface area contributed by atoms with Crippen molar-refractivity contribution in [3.63, 3.8) is 0 Å². The van der Waals surface area contributed by atoms with Crippen LogP contribution in [0, 0.1) is 13.8 Å². The monoisotopic (exact) mass is 418 g/mol. The van der Waals surface area contributed by atoms with Crippen LogP contribution in [0.15, 0.2) is 24.3 Å². The summed E-state index contributed by atoms with van der Waals surface area (Å²) in [4.78, 5) is 14.8. The number of alkyl halides is 2. The van der Waals surface area contributed by atoms with Gasteiger partial charge < -0.3 is 10.2 Å². The molecule has 1 saturated heterocycles. The molecule has 0 saturated carbocycles. The molecule has 9 heteroatoms. The van der Waals surface area contributed by atoms with Crippen molar-refractivity contribution < 1.29 is 13.6 Å². The number of hydrogen-bond donors (Lipinski definition) is 1. The van der Waals surface area contributed by atoms with E-state index in [1.165, 1.54) is 0 Å². The van der Waals surface area contributed by atoms with Crippen LogP contribution in [0.2, 0.25) is 5.02 Å². The van der Waals surface area contributed by atoms with Gasteiger partial charge in [0.1, 0.15) is 0 Å². The predicted molar refractivity (Wildman–Crippen MR) is 103 cm³/mol. The molecule has 1 aromatic carbocycles. The minimum absolute atomic E-state index is 0. The van der Waals surface area contributed by atoms with E-state index in [4.69, 9.17) is 11.6 Å². The normalized spacial score (nSPS) is 17.1. The van der Waals surface area contributed by atoms with Crippen LogP contribution >= 0.6 is 24.0 Å². The van der Waals surface area contributed by atoms with Crippen LogP contribution in [0.3, 0.4) is 0 Å². The second-order valence-electron chi connectivity index (χ2n) is 6.38. The molecule has 1 unspecified atom stereocenters. The number of rotatable bonds is 4. The number of halogens is 4. The molecule has 1 aromatic heterocycles. The fourth-order valence-electron chi connectivity index (χ4n) is 3.42. The highest BCUT2D eigenvalue weighted by molar-refractivity contribution is 6.31. The van der Waals surface area contributed by atoms with Crippen molar-refractivity contribution in [2.75, 3.05) is 19.6 Å². The highest BCUT2D eigenvalue weighted by Crippen LogP contribution is 2.29. The standard InChI is InChI=1S/C18H21ClF2N4O.ClH/c1-11-14(12(2)25(23-11)18(20)21)9-17(26)24-8-7-22-10-16(24)13-5-3-4-6-15(13)19;/h3-6,16,18,22H,7-10H2,1-2H3;1H. The molecule has 0 radical (unpaired) electrons. The minimum Gasteiger partial charge on any atom is -0.333 e. The van der Waals surface area contributed by atoms with Crippen molar-refractivity contribution in [1.29, 1.82) is 0 Å². The van der Waals surface area contributed by atoms with Crippen molar-refractivity contribution in [2.24, 2.45) is 0 Å². The van der Waals surface area contributed by atoms with Crippen LogP contribution in [-0.4, -0.2) is 40.2 Å². The zero-order valence-corrected chi connectivity index (χ0v) is 16.7. The number of carbonyl (C=O) groups is 1. The summed E-state index contributed by atoms with van der Waals surface area (Å²) in [5.74, 6) is -0.114. The average Bonchev–Trinajstić information content (AvgIpc) is 2.90. The molecule has 2 aromatic rings. The third kappa shape index (κ3) is 4.42. The molecule has 0 spiro atoms. The molecule has 1 aliphatic rings. The smallest absolute Gasteiger partial charge is 0.333 e. The largest absolute Gasteiger partial charge is 0.333 e. The van der Waals surface area contributed by atoms with E-state index in [0.717, 1.165) is 5.56 Å². The predicted octanol–water partition coefficient (Wildman–Crippen LogP) is 3.69. The van der Waals surface area contributed by atoms with Gasteiger partial charge in [0.15, 0.2) is 0 Å². The maximum absolute atomic E-state index is 13.0. The average molecular weight is 419 g/mol. The lowest BCUT2D eigenvalue weighted by atomic mass is 10.0. The molecule has 0 aliphatic carbocycles. The molecule has 1 aliphatic heterocycles. The van der Waals surface area contributed by atoms with Crippen LogP contribution in [0.5, 0.6) is 0 Å². The van der Waals surface area contributed by atoms with E-state index < -0.39 is 6.55 Å². The minimum atomic E-state index is -2.72. The molecular weight excluding hydrogens is 397 g/mol. The van der Waals surface area contributed by atoms with Gasteiger partial charge in [0.2, 0.25) is 5.91 Å². The lowest BCUT2D eigenvalue weighted by molar-refractivity contribution is -0.133. The molecule has 0 bridgehead atoms. The summed E-state index contributed by atoms with van der Waals surface area (Å²) in [5.41, 5.74) is 2.23. The highest BCUT2D eigenvalue weighted by atomic mass is 35.5. The first-order valence-corrected chi connectivity index (χ1v) is 8.85. The maximum atomic E-state index is 13.0. The molecule has 27 heavy (non-hydrogen) atoms. The van der Waals surface area contributed by atoms with E-state index in [-0.39, 0.29) is 30.8 Å². The Bertz CT molecular complexity index is 813. The Morgan fingerprint density at radius 1 is 1.37 bits per heavy atom. The number of hydrogen-bond acceptors (Lipinski definition) is 3. The fourth-order valence-corrected chi connectivity index (χ4v) is 3.68. The quantitative estimate of drug-likeness (QED) is 0.823. The molecule has 1 atom stereocenters. The third-order valence-corrected chi connectivity index (χ3v) is 5.16. The first-order valence-electron chi connectivity index (χ1n) is 8.47. The number of piperazine rings is 1. The molecule has 5 nitrogen and oxygen atoms in total. The topological polar surface area (TPSA) is 50.2 Å². The van der Waals surface area contributed by atoms with Gasteiger partial charge >= 0.3 is 6.55 Å². The second-order valence-corrected chi connectivity index (χ2v) is 6.78. The summed E-state index contributed by atoms with van der Waals surface area (Å²) in [5, 5.41) is 7.75. The SMILES string of the molecule is Cc1nn(C(F)F)c(C)c1CC(=O)N1CCNCC1c1ccccc1Cl.Cl. The Labute approximate surface area is 168 Å². The number of amides is 1. The Balaban J connectivity index is 0.00000261. The summed E-state index contributed by atoms with van der Waals surface area (Å²) in [7, 11) is 0. The summed E-state index contributed by atoms with van der Waals surface area (Å²) in [6.07, 6.45) is 0.0470. The number of aromatic nitrogens is 2. The van der Waals surface area contributed by atoms with E-state index >= 15 is 0 Å². The molecule has 1 N–H and O–H groups in total. The first-order chi connectivity index (χ1) is 12.4. The van der Waals surface area contributed by atoms with Gasteiger partial charge in [-0.3, -0.25) is 4.79 Å². The third-order valence-electron chi connectivity index (χ3n) is 4.82. The summed E-state index contributed by atoms with van der Waals surface area (Å²) in [6.45, 7) is 2.32. The van der Waals surface area contributed by atoms with Crippen molar-refractivity contribution in [3.8, 4) is 0 Å². The molecular formula is C18H22Cl2F2N4O. The van der Waals surface area contributed by atoms with Gasteiger partial charge in [-0.05, 0) is 25.5 Å². The van der Waals surface area contributed by atoms with Crippen LogP contribution in [-0.2, 0) is 11.2 Å². The van der Waals surface area contributed by atoms with Crippen LogP contribution in [0.25, 0.3) is 0 Å². The number of benzene rings is 1. The van der Waals surface area contributed by atoms with Crippen molar-refractivity contribution >= 4 is 29.9 Å². The van der Waals surface area contributed by atoms with Crippen LogP contribution in [0.4, 0.5) is 8.78 Å². The number of nitrogens with one attached hydrogen (secondary N) is 1. The lowest BCUT2D eigenvalue weighted by Gasteiger charge is -2.37. The molecule has 1 fully saturated rings. The number of aryl methyl sites for hydroxylation is 1. The van der Waals surface area contributed by atoms with Gasteiger partial charge in [0.05, 0.1) is 18.2 Å². The summed E-state index contributed by atoms with van der Waals surface area (Å²) >= 11 is 6.31. The summed E-state index contributed by atoms with van der Waals surface area (Å²) in [6, 6.07) is 7.26.